The van der Waals surface area contributed by atoms with Gasteiger partial charge in [-0.3, -0.25) is 4.79 Å². The van der Waals surface area contributed by atoms with Gasteiger partial charge in [0.15, 0.2) is 16.9 Å². The summed E-state index contributed by atoms with van der Waals surface area (Å²) in [6.45, 7) is 7.40. The van der Waals surface area contributed by atoms with Crippen LogP contribution in [0.25, 0.3) is 32.8 Å². The van der Waals surface area contributed by atoms with E-state index in [0.717, 1.165) is 20.9 Å². The lowest BCUT2D eigenvalue weighted by atomic mass is 9.99. The lowest BCUT2D eigenvalue weighted by Gasteiger charge is -2.19. The Balaban J connectivity index is 1.67. The fraction of sp³-hybridized carbons (Fsp3) is 0.192. The molecular formula is C26H21ClN4O4S. The zero-order valence-electron chi connectivity index (χ0n) is 19.8. The second-order valence-electron chi connectivity index (χ2n) is 8.57. The van der Waals surface area contributed by atoms with Crippen molar-refractivity contribution in [3.63, 3.8) is 0 Å². The Morgan fingerprint density at radius 1 is 1.11 bits per heavy atom. The first kappa shape index (κ1) is 23.9. The molecule has 10 heteroatoms. The van der Waals surface area contributed by atoms with Crippen LogP contribution in [-0.2, 0) is 0 Å². The Labute approximate surface area is 214 Å². The van der Waals surface area contributed by atoms with E-state index in [4.69, 9.17) is 21.0 Å². The normalized spacial score (nSPS) is 12.2. The molecule has 2 N–H and O–H groups in total. The van der Waals surface area contributed by atoms with Gasteiger partial charge in [-0.25, -0.2) is 19.7 Å². The zero-order valence-corrected chi connectivity index (χ0v) is 21.4. The van der Waals surface area contributed by atoms with Gasteiger partial charge in [0.2, 0.25) is 0 Å². The first-order valence-corrected chi connectivity index (χ1v) is 12.3. The van der Waals surface area contributed by atoms with E-state index in [0.29, 0.717) is 39.2 Å². The third-order valence-electron chi connectivity index (χ3n) is 5.89. The maximum absolute atomic E-state index is 13.4. The number of hydrogen-bond acceptors (Lipinski definition) is 8. The largest absolute Gasteiger partial charge is 0.476 e. The molecule has 0 unspecified atom stereocenters. The molecule has 0 bridgehead atoms. The quantitative estimate of drug-likeness (QED) is 0.259. The number of benzene rings is 1. The van der Waals surface area contributed by atoms with Gasteiger partial charge >= 0.3 is 5.97 Å². The van der Waals surface area contributed by atoms with Gasteiger partial charge in [-0.2, -0.15) is 0 Å². The number of carbonyl (C=O) groups is 1. The Morgan fingerprint density at radius 2 is 1.89 bits per heavy atom. The highest BCUT2D eigenvalue weighted by Gasteiger charge is 2.22. The molecule has 0 amide bonds. The van der Waals surface area contributed by atoms with Crippen LogP contribution >= 0.6 is 22.9 Å². The van der Waals surface area contributed by atoms with Crippen molar-refractivity contribution in [1.82, 2.24) is 15.0 Å². The molecule has 0 radical (unpaired) electrons. The second-order valence-corrected chi connectivity index (χ2v) is 10.1. The minimum Gasteiger partial charge on any atom is -0.476 e. The van der Waals surface area contributed by atoms with Gasteiger partial charge in [0.25, 0.3) is 0 Å². The van der Waals surface area contributed by atoms with Gasteiger partial charge < -0.3 is 14.8 Å². The van der Waals surface area contributed by atoms with Gasteiger partial charge in [0.1, 0.15) is 26.8 Å². The number of hydrogen-bond donors (Lipinski definition) is 2. The molecule has 4 heterocycles. The van der Waals surface area contributed by atoms with Crippen LogP contribution < -0.4 is 10.7 Å². The molecule has 36 heavy (non-hydrogen) atoms. The van der Waals surface area contributed by atoms with E-state index in [2.05, 4.69) is 15.3 Å². The summed E-state index contributed by atoms with van der Waals surface area (Å²) in [6, 6.07) is 10.0. The van der Waals surface area contributed by atoms with E-state index in [1.54, 1.807) is 25.1 Å². The molecule has 1 atom stereocenters. The van der Waals surface area contributed by atoms with Crippen molar-refractivity contribution >= 4 is 55.9 Å². The summed E-state index contributed by atoms with van der Waals surface area (Å²) in [5.74, 6) is -0.817. The topological polar surface area (TPSA) is 118 Å². The summed E-state index contributed by atoms with van der Waals surface area (Å²) in [6.07, 6.45) is 0. The zero-order chi connectivity index (χ0) is 25.7. The number of carboxylic acids is 1. The van der Waals surface area contributed by atoms with E-state index < -0.39 is 12.0 Å². The molecule has 0 saturated carbocycles. The van der Waals surface area contributed by atoms with E-state index in [1.165, 1.54) is 17.4 Å². The van der Waals surface area contributed by atoms with Gasteiger partial charge in [0.05, 0.1) is 22.1 Å². The number of halogens is 1. The summed E-state index contributed by atoms with van der Waals surface area (Å²) in [4.78, 5) is 39.0. The standard InChI is InChI=1S/C26H21ClN4O4S/c1-11-9-15(13(3)28-17-7-8-20(27)31-21(17)26(33)34)24-16(10-11)22(32)12(2)23(35-24)18-5-6-19-25(30-18)36-14(4)29-19/h5-10,13,28H,1-4H3,(H,33,34)/t13-/m1/s1. The number of aromatic carboxylic acids is 1. The highest BCUT2D eigenvalue weighted by Crippen LogP contribution is 2.33. The van der Waals surface area contributed by atoms with Crippen LogP contribution in [0.1, 0.15) is 45.2 Å². The van der Waals surface area contributed by atoms with Crippen LogP contribution in [0.3, 0.4) is 0 Å². The predicted molar refractivity (Wildman–Crippen MR) is 141 cm³/mol. The lowest BCUT2D eigenvalue weighted by Crippen LogP contribution is -2.14. The number of nitrogens with one attached hydrogen (secondary N) is 1. The van der Waals surface area contributed by atoms with Crippen molar-refractivity contribution in [2.75, 3.05) is 5.32 Å². The molecule has 0 spiro atoms. The number of fused-ring (bicyclic) bond motifs is 2. The Morgan fingerprint density at radius 3 is 2.64 bits per heavy atom. The minimum absolute atomic E-state index is 0.0818. The van der Waals surface area contributed by atoms with Crippen molar-refractivity contribution in [3.05, 3.63) is 79.2 Å². The molecule has 5 rings (SSSR count). The van der Waals surface area contributed by atoms with Gasteiger partial charge in [0, 0.05) is 11.1 Å². The summed E-state index contributed by atoms with van der Waals surface area (Å²) < 4.78 is 6.39. The van der Waals surface area contributed by atoms with Crippen molar-refractivity contribution in [1.29, 1.82) is 0 Å². The fourth-order valence-corrected chi connectivity index (χ4v) is 5.15. The van der Waals surface area contributed by atoms with Crippen molar-refractivity contribution in [3.8, 4) is 11.5 Å². The average Bonchev–Trinajstić information content (AvgIpc) is 3.21. The molecular weight excluding hydrogens is 500 g/mol. The fourth-order valence-electron chi connectivity index (χ4n) is 4.21. The molecule has 0 aliphatic heterocycles. The molecule has 0 aliphatic rings. The third-order valence-corrected chi connectivity index (χ3v) is 6.98. The first-order chi connectivity index (χ1) is 17.1. The van der Waals surface area contributed by atoms with E-state index in [-0.39, 0.29) is 16.3 Å². The number of aromatic nitrogens is 3. The minimum atomic E-state index is -1.20. The SMILES string of the molecule is Cc1cc([C@@H](C)Nc2ccc(Cl)nc2C(=O)O)c2oc(-c3ccc4nc(C)sc4n3)c(C)c(=O)c2c1. The molecule has 5 aromatic rings. The molecule has 182 valence electrons. The van der Waals surface area contributed by atoms with Crippen LogP contribution in [0.4, 0.5) is 5.69 Å². The van der Waals surface area contributed by atoms with Crippen LogP contribution in [0, 0.1) is 20.8 Å². The molecule has 0 aliphatic carbocycles. The van der Waals surface area contributed by atoms with Gasteiger partial charge in [-0.05, 0) is 63.6 Å². The highest BCUT2D eigenvalue weighted by atomic mass is 35.5. The number of pyridine rings is 2. The van der Waals surface area contributed by atoms with Crippen molar-refractivity contribution < 1.29 is 14.3 Å². The van der Waals surface area contributed by atoms with Crippen LogP contribution in [0.5, 0.6) is 0 Å². The summed E-state index contributed by atoms with van der Waals surface area (Å²) in [5, 5.41) is 14.2. The molecule has 8 nitrogen and oxygen atoms in total. The molecule has 0 saturated heterocycles. The van der Waals surface area contributed by atoms with Gasteiger partial charge in [-0.1, -0.05) is 29.0 Å². The first-order valence-electron chi connectivity index (χ1n) is 11.1. The second kappa shape index (κ2) is 9.00. The monoisotopic (exact) mass is 520 g/mol. The van der Waals surface area contributed by atoms with E-state index in [9.17, 15) is 14.7 Å². The number of anilines is 1. The Bertz CT molecular complexity index is 1740. The summed E-state index contributed by atoms with van der Waals surface area (Å²) in [7, 11) is 0. The van der Waals surface area contributed by atoms with Crippen LogP contribution in [-0.4, -0.2) is 26.0 Å². The Hall–Kier alpha value is -3.82. The third kappa shape index (κ3) is 4.20. The number of aryl methyl sites for hydroxylation is 2. The predicted octanol–water partition coefficient (Wildman–Crippen LogP) is 6.31. The Kier molecular flexibility index (Phi) is 5.97. The van der Waals surface area contributed by atoms with Crippen LogP contribution in [0.15, 0.2) is 45.6 Å². The molecule has 0 fully saturated rings. The number of thiazole rings is 1. The smallest absolute Gasteiger partial charge is 0.356 e. The van der Waals surface area contributed by atoms with Crippen LogP contribution in [0.2, 0.25) is 5.15 Å². The lowest BCUT2D eigenvalue weighted by molar-refractivity contribution is 0.0691. The summed E-state index contributed by atoms with van der Waals surface area (Å²) in [5.41, 5.74) is 3.74. The summed E-state index contributed by atoms with van der Waals surface area (Å²) >= 11 is 7.37. The highest BCUT2D eigenvalue weighted by molar-refractivity contribution is 7.18. The van der Waals surface area contributed by atoms with E-state index in [1.807, 2.05) is 32.9 Å². The maximum atomic E-state index is 13.4. The molecule has 1 aromatic carbocycles. The number of nitrogens with zero attached hydrogens (tertiary/aromatic N) is 3. The number of carboxylic acid groups (broad SMARTS) is 1. The maximum Gasteiger partial charge on any atom is 0.356 e. The average molecular weight is 521 g/mol. The molecule has 4 aromatic heterocycles. The van der Waals surface area contributed by atoms with E-state index >= 15 is 0 Å². The van der Waals surface area contributed by atoms with Crippen molar-refractivity contribution in [2.45, 2.75) is 33.7 Å². The number of rotatable bonds is 5. The van der Waals surface area contributed by atoms with Crippen molar-refractivity contribution in [2.24, 2.45) is 0 Å². The van der Waals surface area contributed by atoms with Gasteiger partial charge in [-0.15, -0.1) is 0 Å².